The molecule has 0 radical (unpaired) electrons. The number of hydrogen-bond acceptors (Lipinski definition) is 6. The van der Waals surface area contributed by atoms with Crippen molar-refractivity contribution in [1.29, 1.82) is 0 Å². The van der Waals surface area contributed by atoms with E-state index in [-0.39, 0.29) is 5.78 Å². The molecule has 0 amide bonds. The number of allylic oxidation sites excluding steroid dienone is 1. The quantitative estimate of drug-likeness (QED) is 0.788. The van der Waals surface area contributed by atoms with Crippen molar-refractivity contribution in [2.24, 2.45) is 11.8 Å². The van der Waals surface area contributed by atoms with Crippen LogP contribution in [-0.4, -0.2) is 40.4 Å². The summed E-state index contributed by atoms with van der Waals surface area (Å²) in [6.45, 7) is 8.08. The molecule has 2 aliphatic rings. The van der Waals surface area contributed by atoms with Gasteiger partial charge in [-0.05, 0) is 38.2 Å². The van der Waals surface area contributed by atoms with Crippen LogP contribution in [0.4, 0.5) is 5.82 Å². The normalized spacial score (nSPS) is 22.1. The van der Waals surface area contributed by atoms with E-state index in [1.165, 1.54) is 6.08 Å². The van der Waals surface area contributed by atoms with Crippen molar-refractivity contribution in [3.8, 4) is 5.75 Å². The van der Waals surface area contributed by atoms with Crippen LogP contribution >= 0.6 is 0 Å². The van der Waals surface area contributed by atoms with Gasteiger partial charge >= 0.3 is 0 Å². The van der Waals surface area contributed by atoms with E-state index in [1.54, 1.807) is 6.33 Å². The van der Waals surface area contributed by atoms with E-state index in [1.807, 2.05) is 13.0 Å². The van der Waals surface area contributed by atoms with Gasteiger partial charge in [0.25, 0.3) is 0 Å². The number of pyridine rings is 1. The summed E-state index contributed by atoms with van der Waals surface area (Å²) in [5, 5.41) is 0. The summed E-state index contributed by atoms with van der Waals surface area (Å²) in [6, 6.07) is 1.99. The second kappa shape index (κ2) is 7.02. The van der Waals surface area contributed by atoms with E-state index in [4.69, 9.17) is 9.72 Å². The summed E-state index contributed by atoms with van der Waals surface area (Å²) < 4.78 is 6.16. The van der Waals surface area contributed by atoms with Gasteiger partial charge in [0.15, 0.2) is 17.4 Å². The van der Waals surface area contributed by atoms with Crippen LogP contribution in [0.5, 0.6) is 5.75 Å². The molecule has 2 aliphatic heterocycles. The zero-order chi connectivity index (χ0) is 18.1. The van der Waals surface area contributed by atoms with Crippen molar-refractivity contribution in [3.05, 3.63) is 30.7 Å². The molecule has 4 rings (SSSR count). The lowest BCUT2D eigenvalue weighted by molar-refractivity contribution is -0.115. The summed E-state index contributed by atoms with van der Waals surface area (Å²) >= 11 is 0. The fraction of sp³-hybridized carbons (Fsp3) is 0.500. The standard InChI is InChI=1S/C20H24N4O2/c1-3-16(25)7-6-14-5-4-8-24-10-15(14)11-26-18-9-17-19(23-20(18)24)13(2)21-12-22-17/h3,9,12,14-15H,1,4-8,10-11H2,2H3/t14?,15-/m1/s1. The number of aryl methyl sites for hydroxylation is 1. The molecule has 0 saturated carbocycles. The lowest BCUT2D eigenvalue weighted by Gasteiger charge is -2.25. The maximum absolute atomic E-state index is 11.6. The second-order valence-corrected chi connectivity index (χ2v) is 7.27. The number of anilines is 1. The molecule has 0 aromatic carbocycles. The third-order valence-electron chi connectivity index (χ3n) is 5.61. The average molecular weight is 352 g/mol. The molecule has 0 N–H and O–H groups in total. The molecule has 6 nitrogen and oxygen atoms in total. The number of rotatable bonds is 4. The molecular weight excluding hydrogens is 328 g/mol. The third kappa shape index (κ3) is 3.16. The van der Waals surface area contributed by atoms with E-state index in [0.717, 1.165) is 60.6 Å². The van der Waals surface area contributed by atoms with Crippen molar-refractivity contribution in [1.82, 2.24) is 15.0 Å². The number of fused-ring (bicyclic) bond motifs is 5. The minimum Gasteiger partial charge on any atom is -0.489 e. The van der Waals surface area contributed by atoms with Crippen LogP contribution in [0.2, 0.25) is 0 Å². The monoisotopic (exact) mass is 352 g/mol. The molecule has 1 fully saturated rings. The molecule has 4 heterocycles. The van der Waals surface area contributed by atoms with Gasteiger partial charge in [0.2, 0.25) is 0 Å². The van der Waals surface area contributed by atoms with Crippen LogP contribution in [0.3, 0.4) is 0 Å². The van der Waals surface area contributed by atoms with Crippen molar-refractivity contribution in [3.63, 3.8) is 0 Å². The number of aromatic nitrogens is 3. The molecule has 26 heavy (non-hydrogen) atoms. The lowest BCUT2D eigenvalue weighted by atomic mass is 9.85. The van der Waals surface area contributed by atoms with Crippen molar-refractivity contribution in [2.75, 3.05) is 24.6 Å². The highest BCUT2D eigenvalue weighted by atomic mass is 16.5. The van der Waals surface area contributed by atoms with Gasteiger partial charge in [-0.1, -0.05) is 6.58 Å². The Labute approximate surface area is 153 Å². The molecule has 2 aromatic heterocycles. The third-order valence-corrected chi connectivity index (χ3v) is 5.61. The zero-order valence-corrected chi connectivity index (χ0v) is 15.1. The largest absolute Gasteiger partial charge is 0.489 e. The lowest BCUT2D eigenvalue weighted by Crippen LogP contribution is -2.31. The first-order valence-electron chi connectivity index (χ1n) is 9.31. The predicted molar refractivity (Wildman–Crippen MR) is 100 cm³/mol. The Morgan fingerprint density at radius 3 is 3.19 bits per heavy atom. The van der Waals surface area contributed by atoms with Crippen LogP contribution in [0.25, 0.3) is 11.0 Å². The maximum Gasteiger partial charge on any atom is 0.172 e. The summed E-state index contributed by atoms with van der Waals surface area (Å²) in [6.07, 6.45) is 6.71. The van der Waals surface area contributed by atoms with Gasteiger partial charge < -0.3 is 9.64 Å². The van der Waals surface area contributed by atoms with Gasteiger partial charge in [-0.3, -0.25) is 4.79 Å². The van der Waals surface area contributed by atoms with Crippen molar-refractivity contribution < 1.29 is 9.53 Å². The smallest absolute Gasteiger partial charge is 0.172 e. The number of hydrogen-bond donors (Lipinski definition) is 0. The molecule has 6 heteroatoms. The Balaban J connectivity index is 1.63. The van der Waals surface area contributed by atoms with Gasteiger partial charge in [0.05, 0.1) is 17.8 Å². The van der Waals surface area contributed by atoms with Crippen molar-refractivity contribution >= 4 is 22.6 Å². The van der Waals surface area contributed by atoms with Crippen LogP contribution < -0.4 is 9.64 Å². The van der Waals surface area contributed by atoms with Crippen LogP contribution in [-0.2, 0) is 4.79 Å². The summed E-state index contributed by atoms with van der Waals surface area (Å²) in [5.74, 6) is 2.74. The Morgan fingerprint density at radius 1 is 1.46 bits per heavy atom. The number of ketones is 1. The first-order chi connectivity index (χ1) is 12.7. The SMILES string of the molecule is C=CC(=O)CCC1CCCN2C[C@@H]1COc1cc3ncnc(C)c3nc12. The molecule has 1 unspecified atom stereocenters. The van der Waals surface area contributed by atoms with Crippen LogP contribution in [0.1, 0.15) is 31.4 Å². The van der Waals surface area contributed by atoms with Crippen LogP contribution in [0, 0.1) is 18.8 Å². The highest BCUT2D eigenvalue weighted by Crippen LogP contribution is 2.38. The molecule has 1 saturated heterocycles. The number of carbonyl (C=O) groups is 1. The Hall–Kier alpha value is -2.50. The van der Waals surface area contributed by atoms with Gasteiger partial charge in [-0.15, -0.1) is 0 Å². The highest BCUT2D eigenvalue weighted by molar-refractivity contribution is 5.89. The van der Waals surface area contributed by atoms with E-state index in [0.29, 0.717) is 24.9 Å². The molecule has 0 spiro atoms. The topological polar surface area (TPSA) is 68.2 Å². The number of ether oxygens (including phenoxy) is 1. The average Bonchev–Trinajstić information content (AvgIpc) is 2.96. The highest BCUT2D eigenvalue weighted by Gasteiger charge is 2.32. The number of nitrogens with zero attached hydrogens (tertiary/aromatic N) is 4. The number of carbonyl (C=O) groups excluding carboxylic acids is 1. The van der Waals surface area contributed by atoms with Crippen molar-refractivity contribution in [2.45, 2.75) is 32.6 Å². The van der Waals surface area contributed by atoms with Gasteiger partial charge in [-0.25, -0.2) is 15.0 Å². The molecule has 2 aromatic rings. The fourth-order valence-electron chi connectivity index (χ4n) is 4.10. The molecular formula is C20H24N4O2. The molecule has 2 bridgehead atoms. The van der Waals surface area contributed by atoms with E-state index in [2.05, 4.69) is 21.4 Å². The Morgan fingerprint density at radius 2 is 2.35 bits per heavy atom. The minimum atomic E-state index is 0.130. The predicted octanol–water partition coefficient (Wildman–Crippen LogP) is 3.09. The first-order valence-corrected chi connectivity index (χ1v) is 9.31. The summed E-state index contributed by atoms with van der Waals surface area (Å²) in [5.41, 5.74) is 2.54. The molecule has 136 valence electrons. The minimum absolute atomic E-state index is 0.130. The van der Waals surface area contributed by atoms with E-state index in [9.17, 15) is 4.79 Å². The van der Waals surface area contributed by atoms with Gasteiger partial charge in [0, 0.05) is 31.5 Å². The summed E-state index contributed by atoms with van der Waals surface area (Å²) in [4.78, 5) is 27.4. The summed E-state index contributed by atoms with van der Waals surface area (Å²) in [7, 11) is 0. The first kappa shape index (κ1) is 16.9. The van der Waals surface area contributed by atoms with Crippen LogP contribution in [0.15, 0.2) is 25.0 Å². The van der Waals surface area contributed by atoms with Gasteiger partial charge in [-0.2, -0.15) is 0 Å². The Bertz CT molecular complexity index is 851. The molecule has 0 aliphatic carbocycles. The molecule has 2 atom stereocenters. The fourth-order valence-corrected chi connectivity index (χ4v) is 4.10. The zero-order valence-electron chi connectivity index (χ0n) is 15.1. The maximum atomic E-state index is 11.6. The Kier molecular flexibility index (Phi) is 4.57. The second-order valence-electron chi connectivity index (χ2n) is 7.27. The van der Waals surface area contributed by atoms with Gasteiger partial charge in [0.1, 0.15) is 11.8 Å². The van der Waals surface area contributed by atoms with E-state index < -0.39 is 0 Å². The van der Waals surface area contributed by atoms with E-state index >= 15 is 0 Å².